The molecule has 0 amide bonds. The van der Waals surface area contributed by atoms with Gasteiger partial charge in [-0.2, -0.15) is 70.2 Å². The maximum absolute atomic E-state index is 14.4. The average molecular weight is 2190 g/mol. The second kappa shape index (κ2) is 55.4. The first-order valence-electron chi connectivity index (χ1n) is 51.8. The minimum Gasteiger partial charge on any atom is -0.469 e. The van der Waals surface area contributed by atoms with E-state index in [0.29, 0.717) is 44.4 Å². The smallest absolute Gasteiger partial charge is 0.449 e. The molecule has 8 N–H and O–H groups in total. The van der Waals surface area contributed by atoms with E-state index >= 15 is 0 Å². The third kappa shape index (κ3) is 42.3. The third-order valence-electron chi connectivity index (χ3n) is 29.4. The minimum absolute atomic E-state index is 0.0656. The molecule has 27 nitrogen and oxygen atoms in total. The van der Waals surface area contributed by atoms with Gasteiger partial charge >= 0.3 is 90.1 Å². The molecule has 882 valence electrons. The maximum Gasteiger partial charge on any atom is 0.449 e. The molecule has 3 saturated heterocycles. The van der Waals surface area contributed by atoms with Crippen LogP contribution in [0.25, 0.3) is 0 Å². The number of carbonyl (C=O) groups is 8. The first-order chi connectivity index (χ1) is 66.4. The van der Waals surface area contributed by atoms with Crippen LogP contribution in [-0.2, 0) is 90.5 Å². The van der Waals surface area contributed by atoms with Crippen molar-refractivity contribution in [2.45, 2.75) is 533 Å². The fourth-order valence-corrected chi connectivity index (χ4v) is 16.2. The number of halogens is 16. The molecule has 43 heteroatoms. The zero-order valence-corrected chi connectivity index (χ0v) is 95.3. The van der Waals surface area contributed by atoms with Crippen molar-refractivity contribution < 1.29 is 202 Å². The Morgan fingerprint density at radius 2 is 0.879 bits per heavy atom. The molecule has 19 atom stereocenters. The molecule has 7 aliphatic rings. The van der Waals surface area contributed by atoms with Crippen molar-refractivity contribution in [2.24, 2.45) is 74.4 Å². The van der Waals surface area contributed by atoms with Gasteiger partial charge in [-0.3, -0.25) is 38.4 Å². The normalized spacial score (nSPS) is 27.0. The lowest BCUT2D eigenvalue weighted by molar-refractivity contribution is -0.436. The van der Waals surface area contributed by atoms with Crippen LogP contribution < -0.4 is 0 Å². The van der Waals surface area contributed by atoms with Crippen molar-refractivity contribution in [1.29, 1.82) is 0 Å². The van der Waals surface area contributed by atoms with Crippen LogP contribution in [0, 0.1) is 74.4 Å². The number of alkyl halides is 16. The first-order valence-corrected chi connectivity index (χ1v) is 51.8. The van der Waals surface area contributed by atoms with E-state index in [0.717, 1.165) is 104 Å². The number of carbonyl (C=O) groups excluding carboxylic acids is 8. The standard InChI is InChI=1S/C15H26O4.C14H21F5O4.C14H26O3.C12H17F5O4.C12H21F3O3.C12H24O3.C11H17F3O.C9H18O3.C7H14O2/c1-5-13(2,3)12(16)19-15-9-7-6-8-11(15)18-14(4,17)10-15;1-6-10(2,3)9(20)22-8-7-11(4,21)23-12(5,13(8,15)16)14(17,18)19;1-5-10(2)13(15)17-12(14(3,4)16)11-8-6-7-9-11;1-5-8(2,3)7(18)21-9(4)6-20-11(19,10(9,13)14)12(15,16)17;1-6-10(3,4)9(16)18-8(2)7-11(5,17)12(13,14)15;1-7-9(4)11(13)15-10(8(2)3)12(5,6)14;1-10(15,11(12,13)14)6-9-5-7-2-3-8(9)4-7;1-5-7(2)8(10)12-6-9(3,4)11;1-5-7(2,3)6(8)9-4/h11,17H,5-10H2,1-4H3;8,21H,6-7H2,1-5H3;10-12,16H,5-9H2,1-4H3;19H,5-6H2,1-4H3;8,17H,6-7H2,1-5H3;8-10,14H,7H2,1-6H3;7-9,15H,2-6H2,1H3;7,11H,5-6H2,1-4H3;5H2,1-4H3. The van der Waals surface area contributed by atoms with Gasteiger partial charge in [0, 0.05) is 19.3 Å². The van der Waals surface area contributed by atoms with Crippen molar-refractivity contribution in [2.75, 3.05) is 20.3 Å². The summed E-state index contributed by atoms with van der Waals surface area (Å²) >= 11 is 0. The topological polar surface area (TPSA) is 400 Å². The second-order valence-corrected chi connectivity index (χ2v) is 47.8. The van der Waals surface area contributed by atoms with Gasteiger partial charge in [0.05, 0.1) is 75.3 Å². The monoisotopic (exact) mass is 2190 g/mol. The summed E-state index contributed by atoms with van der Waals surface area (Å²) in [5, 5.41) is 77.1. The summed E-state index contributed by atoms with van der Waals surface area (Å²) in [4.78, 5) is 93.2. The van der Waals surface area contributed by atoms with Gasteiger partial charge in [0.2, 0.25) is 11.2 Å². The molecule has 0 spiro atoms. The lowest BCUT2D eigenvalue weighted by atomic mass is 9.79. The number of hydrogen-bond donors (Lipinski definition) is 8. The Labute approximate surface area is 873 Å². The van der Waals surface area contributed by atoms with E-state index in [1.54, 1.807) is 83.1 Å². The Kier molecular flexibility index (Phi) is 54.0. The molecule has 4 saturated carbocycles. The summed E-state index contributed by atoms with van der Waals surface area (Å²) < 4.78 is 263. The highest BCUT2D eigenvalue weighted by Gasteiger charge is 2.83. The van der Waals surface area contributed by atoms with Gasteiger partial charge in [0.25, 0.3) is 0 Å². The molecule has 3 aliphatic heterocycles. The zero-order valence-electron chi connectivity index (χ0n) is 95.3. The highest BCUT2D eigenvalue weighted by atomic mass is 19.4. The third-order valence-corrected chi connectivity index (χ3v) is 29.4. The molecule has 0 aromatic rings. The van der Waals surface area contributed by atoms with Crippen molar-refractivity contribution in [3.8, 4) is 0 Å². The number of esters is 8. The van der Waals surface area contributed by atoms with Crippen LogP contribution in [0.2, 0.25) is 0 Å². The molecule has 0 aromatic heterocycles. The SMILES string of the molecule is CC(O)(CC1CC2CCC1C2)C(F)(F)F.CCC(C)(C)C(=O)OC.CCC(C)(C)C(=O)OC(C)CC(C)(O)C(F)(F)F.CCC(C)(C)C(=O)OC1(C)COC(O)(C(F)(F)F)C1(F)F.CCC(C)(C)C(=O)OC12CCCCC1OC(C)(O)C2.CCC(C)(C)C(=O)OC1CC(C)(O)OC(C)(C(F)(F)F)C1(F)F.CCC(C)C(=O)OC(C(C)C)C(C)(C)O.CCC(C)C(=O)OC(C1CCCC1)C(C)(C)O.CCC(C)C(=O)OCC(C)(C)O. The fourth-order valence-electron chi connectivity index (χ4n) is 16.2. The van der Waals surface area contributed by atoms with Crippen LogP contribution in [-0.4, -0.2) is 238 Å². The van der Waals surface area contributed by atoms with E-state index in [9.17, 15) is 149 Å². The minimum atomic E-state index is -5.74. The van der Waals surface area contributed by atoms with Crippen molar-refractivity contribution in [1.82, 2.24) is 0 Å². The Morgan fingerprint density at radius 1 is 0.463 bits per heavy atom. The van der Waals surface area contributed by atoms with Crippen LogP contribution in [0.3, 0.4) is 0 Å². The molecule has 3 heterocycles. The summed E-state index contributed by atoms with van der Waals surface area (Å²) in [6, 6.07) is 0. The Morgan fingerprint density at radius 3 is 1.24 bits per heavy atom. The molecule has 7 fully saturated rings. The summed E-state index contributed by atoms with van der Waals surface area (Å²) in [5.41, 5.74) is -19.6. The van der Waals surface area contributed by atoms with Crippen LogP contribution in [0.5, 0.6) is 0 Å². The van der Waals surface area contributed by atoms with Gasteiger partial charge in [-0.15, -0.1) is 0 Å². The second-order valence-electron chi connectivity index (χ2n) is 47.8. The van der Waals surface area contributed by atoms with Gasteiger partial charge in [0.1, 0.15) is 36.6 Å². The van der Waals surface area contributed by atoms with E-state index in [1.165, 1.54) is 61.0 Å². The van der Waals surface area contributed by atoms with Crippen LogP contribution >= 0.6 is 0 Å². The first kappa shape index (κ1) is 145. The molecule has 0 aromatic carbocycles. The quantitative estimate of drug-likeness (QED) is 0.0176. The highest BCUT2D eigenvalue weighted by Crippen LogP contribution is 2.58. The van der Waals surface area contributed by atoms with Crippen molar-refractivity contribution >= 4 is 47.8 Å². The van der Waals surface area contributed by atoms with E-state index in [4.69, 9.17) is 28.4 Å². The Bertz CT molecular complexity index is 4120. The lowest BCUT2D eigenvalue weighted by Gasteiger charge is -2.50. The predicted molar refractivity (Wildman–Crippen MR) is 524 cm³/mol. The number of rotatable bonds is 32. The number of ether oxygens (including phenoxy) is 11. The van der Waals surface area contributed by atoms with Gasteiger partial charge in [-0.25, -0.2) is 0 Å². The summed E-state index contributed by atoms with van der Waals surface area (Å²) in [6.07, 6.45) is -8.97. The van der Waals surface area contributed by atoms with E-state index in [-0.39, 0.29) is 110 Å². The van der Waals surface area contributed by atoms with E-state index in [1.807, 2.05) is 96.9 Å². The predicted octanol–water partition coefficient (Wildman–Crippen LogP) is 23.2. The van der Waals surface area contributed by atoms with Gasteiger partial charge in [-0.05, 0) is 298 Å². The number of methoxy groups -OCH3 is 1. The van der Waals surface area contributed by atoms with Crippen molar-refractivity contribution in [3.63, 3.8) is 0 Å². The number of hydrogen-bond acceptors (Lipinski definition) is 27. The van der Waals surface area contributed by atoms with Crippen LogP contribution in [0.4, 0.5) is 70.2 Å². The van der Waals surface area contributed by atoms with Crippen LogP contribution in [0.1, 0.15) is 403 Å². The zero-order chi connectivity index (χ0) is 118. The Balaban J connectivity index is 0. The number of fused-ring (bicyclic) bond motifs is 3. The fraction of sp³-hybridized carbons (Fsp3) is 0.925. The molecule has 7 rings (SSSR count). The molecule has 2 bridgehead atoms. The Hall–Kier alpha value is -5.80. The molecule has 19 unspecified atom stereocenters. The lowest BCUT2D eigenvalue weighted by Crippen LogP contribution is -2.71. The molecule has 149 heavy (non-hydrogen) atoms. The maximum atomic E-state index is 14.4. The summed E-state index contributed by atoms with van der Waals surface area (Å²) in [5.74, 6) is -20.1. The average Bonchev–Trinajstić information content (AvgIpc) is 1.66. The summed E-state index contributed by atoms with van der Waals surface area (Å²) in [7, 11) is 1.42. The van der Waals surface area contributed by atoms with Gasteiger partial charge < -0.3 is 93.0 Å². The molecular formula is C106H184F16O27. The van der Waals surface area contributed by atoms with Gasteiger partial charge in [0.15, 0.2) is 28.9 Å². The van der Waals surface area contributed by atoms with E-state index < -0.39 is 176 Å². The molecule has 4 aliphatic carbocycles. The summed E-state index contributed by atoms with van der Waals surface area (Å²) in [6.45, 7) is 55.6. The number of aliphatic hydroxyl groups is 8. The largest absolute Gasteiger partial charge is 0.469 e. The highest BCUT2D eigenvalue weighted by molar-refractivity contribution is 5.78. The van der Waals surface area contributed by atoms with Crippen LogP contribution in [0.15, 0.2) is 0 Å². The van der Waals surface area contributed by atoms with Crippen molar-refractivity contribution in [3.05, 3.63) is 0 Å². The molecular weight excluding hydrogens is 2010 g/mol. The van der Waals surface area contributed by atoms with E-state index in [2.05, 4.69) is 23.7 Å². The van der Waals surface area contributed by atoms with Gasteiger partial charge in [-0.1, -0.05) is 116 Å². The molecule has 0 radical (unpaired) electrons.